The van der Waals surface area contributed by atoms with Gasteiger partial charge in [0.25, 0.3) is 5.56 Å². The molecule has 4 aromatic rings. The van der Waals surface area contributed by atoms with Crippen LogP contribution < -0.4 is 19.6 Å². The second kappa shape index (κ2) is 11.0. The van der Waals surface area contributed by atoms with E-state index in [-0.39, 0.29) is 5.56 Å². The van der Waals surface area contributed by atoms with Crippen LogP contribution in [0.25, 0.3) is 6.08 Å². The maximum Gasteiger partial charge on any atom is 0.338 e. The normalized spacial score (nSPS) is 15.2. The Kier molecular flexibility index (Phi) is 7.51. The van der Waals surface area contributed by atoms with E-state index >= 15 is 0 Å². The number of aromatic nitrogens is 1. The van der Waals surface area contributed by atoms with Crippen molar-refractivity contribution in [3.8, 4) is 5.75 Å². The number of nitrogens with zero attached hydrogens (tertiary/aromatic N) is 2. The average Bonchev–Trinajstić information content (AvgIpc) is 3.22. The van der Waals surface area contributed by atoms with Crippen LogP contribution in [-0.4, -0.2) is 17.6 Å². The molecular formula is C29H22Cl2N2O4S. The molecule has 0 aliphatic carbocycles. The lowest BCUT2D eigenvalue weighted by molar-refractivity contribution is -0.136. The number of esters is 1. The second-order valence-corrected chi connectivity index (χ2v) is 10.5. The van der Waals surface area contributed by atoms with Crippen LogP contribution in [0.3, 0.4) is 0 Å². The predicted octanol–water partition coefficient (Wildman–Crippen LogP) is 5.29. The number of benzene rings is 3. The number of halogens is 2. The van der Waals surface area contributed by atoms with Crippen molar-refractivity contribution < 1.29 is 14.3 Å². The van der Waals surface area contributed by atoms with Gasteiger partial charge in [0.05, 0.1) is 29.0 Å². The van der Waals surface area contributed by atoms with Crippen molar-refractivity contribution in [2.24, 2.45) is 4.99 Å². The zero-order valence-electron chi connectivity index (χ0n) is 20.5. The van der Waals surface area contributed by atoms with Gasteiger partial charge in [-0.1, -0.05) is 70.9 Å². The lowest BCUT2D eigenvalue weighted by atomic mass is 9.96. The Labute approximate surface area is 232 Å². The van der Waals surface area contributed by atoms with Gasteiger partial charge in [-0.25, -0.2) is 9.79 Å². The third-order valence-electron chi connectivity index (χ3n) is 6.09. The highest BCUT2D eigenvalue weighted by Gasteiger charge is 2.33. The number of carbonyl (C=O) groups is 1. The third-order valence-corrected chi connectivity index (χ3v) is 7.57. The Morgan fingerprint density at radius 3 is 2.42 bits per heavy atom. The van der Waals surface area contributed by atoms with Gasteiger partial charge in [-0.3, -0.25) is 9.36 Å². The number of rotatable bonds is 6. The first-order valence-corrected chi connectivity index (χ1v) is 13.2. The highest BCUT2D eigenvalue weighted by atomic mass is 35.5. The molecule has 0 N–H and O–H groups in total. The van der Waals surface area contributed by atoms with Crippen molar-refractivity contribution in [2.45, 2.75) is 19.6 Å². The molecule has 3 aromatic carbocycles. The quantitative estimate of drug-likeness (QED) is 0.298. The molecule has 0 radical (unpaired) electrons. The molecule has 5 rings (SSSR count). The van der Waals surface area contributed by atoms with Gasteiger partial charge in [-0.05, 0) is 66.1 Å². The predicted molar refractivity (Wildman–Crippen MR) is 149 cm³/mol. The van der Waals surface area contributed by atoms with E-state index in [9.17, 15) is 9.59 Å². The fraction of sp³-hybridized carbons (Fsp3) is 0.138. The number of hydrogen-bond acceptors (Lipinski definition) is 6. The zero-order valence-corrected chi connectivity index (χ0v) is 22.8. The molecule has 38 heavy (non-hydrogen) atoms. The minimum absolute atomic E-state index is 0.255. The first-order chi connectivity index (χ1) is 18.3. The molecule has 6 nitrogen and oxygen atoms in total. The molecule has 0 bridgehead atoms. The molecule has 9 heteroatoms. The van der Waals surface area contributed by atoms with Crippen molar-refractivity contribution in [1.29, 1.82) is 0 Å². The fourth-order valence-electron chi connectivity index (χ4n) is 4.25. The van der Waals surface area contributed by atoms with Gasteiger partial charge in [0.15, 0.2) is 4.80 Å². The molecule has 0 saturated heterocycles. The van der Waals surface area contributed by atoms with Crippen LogP contribution in [0.2, 0.25) is 10.0 Å². The first-order valence-electron chi connectivity index (χ1n) is 11.7. The van der Waals surface area contributed by atoms with E-state index < -0.39 is 12.0 Å². The molecule has 192 valence electrons. The molecule has 1 aliphatic rings. The highest BCUT2D eigenvalue weighted by molar-refractivity contribution is 7.07. The van der Waals surface area contributed by atoms with E-state index in [4.69, 9.17) is 32.7 Å². The summed E-state index contributed by atoms with van der Waals surface area (Å²) < 4.78 is 13.0. The largest absolute Gasteiger partial charge is 0.489 e. The van der Waals surface area contributed by atoms with Crippen molar-refractivity contribution in [3.63, 3.8) is 0 Å². The standard InChI is InChI=1S/C29H22Cl2N2O4S/c1-17-25(28(35)36-2)26(20-8-12-22(31)13-9-20)33-27(34)24(38-29(33)32-17)15-19-4-3-5-23(14-19)37-16-18-6-10-21(30)11-7-18/h3-15,26H,16H2,1-2H3/b24-15-/t26-/m1/s1. The van der Waals surface area contributed by atoms with Gasteiger partial charge in [-0.2, -0.15) is 0 Å². The van der Waals surface area contributed by atoms with E-state index in [0.29, 0.717) is 43.0 Å². The summed E-state index contributed by atoms with van der Waals surface area (Å²) in [5, 5.41) is 1.23. The second-order valence-electron chi connectivity index (χ2n) is 8.61. The summed E-state index contributed by atoms with van der Waals surface area (Å²) in [6, 6.07) is 21.3. The summed E-state index contributed by atoms with van der Waals surface area (Å²) in [5.74, 6) is 0.135. The number of ether oxygens (including phenoxy) is 2. The van der Waals surface area contributed by atoms with E-state index in [1.165, 1.54) is 18.4 Å². The number of thiazole rings is 1. The Morgan fingerprint density at radius 2 is 1.74 bits per heavy atom. The maximum absolute atomic E-state index is 13.7. The topological polar surface area (TPSA) is 69.9 Å². The Morgan fingerprint density at radius 1 is 1.05 bits per heavy atom. The Balaban J connectivity index is 1.53. The minimum Gasteiger partial charge on any atom is -0.489 e. The number of methoxy groups -OCH3 is 1. The number of allylic oxidation sites excluding steroid dienone is 1. The summed E-state index contributed by atoms with van der Waals surface area (Å²) in [6.45, 7) is 2.13. The molecule has 0 fully saturated rings. The molecule has 1 aliphatic heterocycles. The smallest absolute Gasteiger partial charge is 0.338 e. The summed E-state index contributed by atoms with van der Waals surface area (Å²) in [6.07, 6.45) is 1.80. The molecule has 0 spiro atoms. The van der Waals surface area contributed by atoms with Crippen LogP contribution in [-0.2, 0) is 16.1 Å². The van der Waals surface area contributed by atoms with E-state index in [1.54, 1.807) is 41.8 Å². The summed E-state index contributed by atoms with van der Waals surface area (Å²) >= 11 is 13.3. The molecular weight excluding hydrogens is 543 g/mol. The first kappa shape index (κ1) is 26.0. The lowest BCUT2D eigenvalue weighted by Gasteiger charge is -2.24. The van der Waals surface area contributed by atoms with Crippen LogP contribution in [0.5, 0.6) is 5.75 Å². The minimum atomic E-state index is -0.688. The van der Waals surface area contributed by atoms with Crippen molar-refractivity contribution in [3.05, 3.63) is 130 Å². The zero-order chi connectivity index (χ0) is 26.8. The summed E-state index contributed by atoms with van der Waals surface area (Å²) in [7, 11) is 1.31. The van der Waals surface area contributed by atoms with Gasteiger partial charge >= 0.3 is 5.97 Å². The van der Waals surface area contributed by atoms with Crippen LogP contribution in [0.1, 0.15) is 29.7 Å². The van der Waals surface area contributed by atoms with Gasteiger partial charge < -0.3 is 9.47 Å². The Bertz CT molecular complexity index is 1720. The van der Waals surface area contributed by atoms with Gasteiger partial charge in [0.2, 0.25) is 0 Å². The van der Waals surface area contributed by atoms with E-state index in [1.807, 2.05) is 48.5 Å². The maximum atomic E-state index is 13.7. The molecule has 0 saturated carbocycles. The van der Waals surface area contributed by atoms with E-state index in [2.05, 4.69) is 4.99 Å². The molecule has 2 heterocycles. The lowest BCUT2D eigenvalue weighted by Crippen LogP contribution is -2.39. The van der Waals surface area contributed by atoms with Crippen LogP contribution in [0, 0.1) is 0 Å². The number of hydrogen-bond donors (Lipinski definition) is 0. The van der Waals surface area contributed by atoms with Gasteiger partial charge in [-0.15, -0.1) is 0 Å². The SMILES string of the molecule is COC(=O)C1=C(C)N=c2s/c(=C\c3cccc(OCc4ccc(Cl)cc4)c3)c(=O)n2[C@@H]1c1ccc(Cl)cc1. The van der Waals surface area contributed by atoms with Crippen LogP contribution >= 0.6 is 34.5 Å². The summed E-state index contributed by atoms with van der Waals surface area (Å²) in [5.41, 5.74) is 3.08. The number of fused-ring (bicyclic) bond motifs is 1. The molecule has 0 unspecified atom stereocenters. The van der Waals surface area contributed by atoms with Crippen molar-refractivity contribution >= 4 is 46.6 Å². The Hall–Kier alpha value is -3.65. The third kappa shape index (κ3) is 5.31. The van der Waals surface area contributed by atoms with Gasteiger partial charge in [0.1, 0.15) is 12.4 Å². The van der Waals surface area contributed by atoms with Crippen molar-refractivity contribution in [1.82, 2.24) is 4.57 Å². The molecule has 1 atom stereocenters. The average molecular weight is 565 g/mol. The highest BCUT2D eigenvalue weighted by Crippen LogP contribution is 2.31. The number of carbonyl (C=O) groups excluding carboxylic acids is 1. The van der Waals surface area contributed by atoms with Gasteiger partial charge in [0, 0.05) is 10.0 Å². The summed E-state index contributed by atoms with van der Waals surface area (Å²) in [4.78, 5) is 31.5. The van der Waals surface area contributed by atoms with E-state index in [0.717, 1.165) is 16.7 Å². The molecule has 0 amide bonds. The van der Waals surface area contributed by atoms with Crippen molar-refractivity contribution in [2.75, 3.05) is 7.11 Å². The fourth-order valence-corrected chi connectivity index (χ4v) is 5.54. The van der Waals surface area contributed by atoms with Crippen LogP contribution in [0.4, 0.5) is 0 Å². The van der Waals surface area contributed by atoms with Crippen LogP contribution in [0.15, 0.2) is 93.9 Å². The monoisotopic (exact) mass is 564 g/mol. The molecule has 1 aromatic heterocycles.